The summed E-state index contributed by atoms with van der Waals surface area (Å²) in [5, 5.41) is 3.05. The average molecular weight is 319 g/mol. The molecule has 23 heavy (non-hydrogen) atoms. The van der Waals surface area contributed by atoms with E-state index in [1.54, 1.807) is 0 Å². The Morgan fingerprint density at radius 1 is 1.26 bits per heavy atom. The molecule has 1 N–H and O–H groups in total. The number of carbonyl (C=O) groups excluding carboxylic acids is 1. The fourth-order valence-corrected chi connectivity index (χ4v) is 2.63. The highest BCUT2D eigenvalue weighted by molar-refractivity contribution is 5.94. The minimum absolute atomic E-state index is 0.0214. The van der Waals surface area contributed by atoms with Gasteiger partial charge in [-0.25, -0.2) is 0 Å². The molecular formula is C19H29NO3. The van der Waals surface area contributed by atoms with E-state index in [9.17, 15) is 4.79 Å². The second-order valence-corrected chi connectivity index (χ2v) is 6.82. The lowest BCUT2D eigenvalue weighted by molar-refractivity contribution is 0.0679. The predicted molar refractivity (Wildman–Crippen MR) is 91.9 cm³/mol. The van der Waals surface area contributed by atoms with Crippen molar-refractivity contribution in [2.24, 2.45) is 5.92 Å². The number of rotatable bonds is 8. The molecule has 0 aromatic heterocycles. The topological polar surface area (TPSA) is 47.6 Å². The van der Waals surface area contributed by atoms with E-state index >= 15 is 0 Å². The molecule has 1 aliphatic rings. The Labute approximate surface area is 139 Å². The molecular weight excluding hydrogens is 290 g/mol. The standard InChI is InChI=1S/C19H29NO3/c1-14(2)6-7-15(3)20-19(21)16-8-10-17(11-9-16)23-13-18-5-4-12-22-18/h8-11,14-15,18H,4-7,12-13H2,1-3H3,(H,20,21). The fourth-order valence-electron chi connectivity index (χ4n) is 2.63. The van der Waals surface area contributed by atoms with Gasteiger partial charge in [-0.1, -0.05) is 13.8 Å². The number of ether oxygens (including phenoxy) is 2. The molecule has 2 atom stereocenters. The third-order valence-corrected chi connectivity index (χ3v) is 4.13. The van der Waals surface area contributed by atoms with Crippen molar-refractivity contribution in [3.63, 3.8) is 0 Å². The van der Waals surface area contributed by atoms with Gasteiger partial charge in [0.25, 0.3) is 5.91 Å². The van der Waals surface area contributed by atoms with Crippen LogP contribution in [0.1, 0.15) is 56.8 Å². The van der Waals surface area contributed by atoms with Crippen molar-refractivity contribution in [1.29, 1.82) is 0 Å². The van der Waals surface area contributed by atoms with E-state index in [1.807, 2.05) is 24.3 Å². The van der Waals surface area contributed by atoms with Crippen LogP contribution in [0.2, 0.25) is 0 Å². The molecule has 0 spiro atoms. The molecule has 1 aromatic rings. The number of amides is 1. The summed E-state index contributed by atoms with van der Waals surface area (Å²) >= 11 is 0. The van der Waals surface area contributed by atoms with Crippen molar-refractivity contribution in [1.82, 2.24) is 5.32 Å². The zero-order valence-corrected chi connectivity index (χ0v) is 14.5. The predicted octanol–water partition coefficient (Wildman–Crippen LogP) is 3.80. The highest BCUT2D eigenvalue weighted by Crippen LogP contribution is 2.17. The third-order valence-electron chi connectivity index (χ3n) is 4.13. The van der Waals surface area contributed by atoms with E-state index in [4.69, 9.17) is 9.47 Å². The van der Waals surface area contributed by atoms with Crippen LogP contribution in [-0.4, -0.2) is 31.3 Å². The van der Waals surface area contributed by atoms with Gasteiger partial charge in [0.15, 0.2) is 0 Å². The van der Waals surface area contributed by atoms with Crippen molar-refractivity contribution in [3.8, 4) is 5.75 Å². The molecule has 1 aromatic carbocycles. The first kappa shape index (κ1) is 17.8. The lowest BCUT2D eigenvalue weighted by Crippen LogP contribution is -2.32. The monoisotopic (exact) mass is 319 g/mol. The summed E-state index contributed by atoms with van der Waals surface area (Å²) in [6.45, 7) is 7.87. The number of hydrogen-bond acceptors (Lipinski definition) is 3. The van der Waals surface area contributed by atoms with Crippen LogP contribution in [0.3, 0.4) is 0 Å². The molecule has 4 nitrogen and oxygen atoms in total. The van der Waals surface area contributed by atoms with Gasteiger partial charge in [0.05, 0.1) is 6.10 Å². The molecule has 0 aliphatic carbocycles. The molecule has 4 heteroatoms. The second kappa shape index (κ2) is 8.92. The molecule has 1 amide bonds. The molecule has 1 fully saturated rings. The average Bonchev–Trinajstić information content (AvgIpc) is 3.05. The van der Waals surface area contributed by atoms with Crippen molar-refractivity contribution >= 4 is 5.91 Å². The molecule has 1 heterocycles. The molecule has 0 saturated carbocycles. The van der Waals surface area contributed by atoms with E-state index in [1.165, 1.54) is 0 Å². The van der Waals surface area contributed by atoms with Gasteiger partial charge >= 0.3 is 0 Å². The number of nitrogens with one attached hydrogen (secondary N) is 1. The van der Waals surface area contributed by atoms with Crippen LogP contribution in [-0.2, 0) is 4.74 Å². The summed E-state index contributed by atoms with van der Waals surface area (Å²) in [6.07, 6.45) is 4.51. The summed E-state index contributed by atoms with van der Waals surface area (Å²) in [6, 6.07) is 7.52. The van der Waals surface area contributed by atoms with Crippen LogP contribution in [0.15, 0.2) is 24.3 Å². The molecule has 128 valence electrons. The van der Waals surface area contributed by atoms with Crippen LogP contribution in [0, 0.1) is 5.92 Å². The van der Waals surface area contributed by atoms with Crippen LogP contribution in [0.5, 0.6) is 5.75 Å². The summed E-state index contributed by atoms with van der Waals surface area (Å²) in [5.41, 5.74) is 0.672. The largest absolute Gasteiger partial charge is 0.491 e. The lowest BCUT2D eigenvalue weighted by atomic mass is 10.0. The first-order valence-electron chi connectivity index (χ1n) is 8.70. The molecule has 1 saturated heterocycles. The van der Waals surface area contributed by atoms with Gasteiger partial charge in [-0.2, -0.15) is 0 Å². The number of carbonyl (C=O) groups is 1. The summed E-state index contributed by atoms with van der Waals surface area (Å²) in [4.78, 5) is 12.2. The third kappa shape index (κ3) is 6.22. The zero-order chi connectivity index (χ0) is 16.7. The first-order valence-corrected chi connectivity index (χ1v) is 8.70. The molecule has 0 radical (unpaired) electrons. The summed E-state index contributed by atoms with van der Waals surface area (Å²) < 4.78 is 11.2. The van der Waals surface area contributed by atoms with Crippen molar-refractivity contribution in [2.75, 3.05) is 13.2 Å². The SMILES string of the molecule is CC(C)CCC(C)NC(=O)c1ccc(OCC2CCCO2)cc1. The van der Waals surface area contributed by atoms with Gasteiger partial charge in [0.1, 0.15) is 12.4 Å². The van der Waals surface area contributed by atoms with Gasteiger partial charge < -0.3 is 14.8 Å². The molecule has 0 bridgehead atoms. The van der Waals surface area contributed by atoms with Crippen molar-refractivity contribution in [2.45, 2.75) is 58.6 Å². The normalized spacial score (nSPS) is 18.9. The van der Waals surface area contributed by atoms with Gasteiger partial charge in [0.2, 0.25) is 0 Å². The molecule has 2 unspecified atom stereocenters. The number of benzene rings is 1. The van der Waals surface area contributed by atoms with Gasteiger partial charge in [-0.05, 0) is 62.8 Å². The van der Waals surface area contributed by atoms with E-state index < -0.39 is 0 Å². The zero-order valence-electron chi connectivity index (χ0n) is 14.5. The lowest BCUT2D eigenvalue weighted by Gasteiger charge is -2.15. The molecule has 2 rings (SSSR count). The minimum atomic E-state index is -0.0214. The number of hydrogen-bond donors (Lipinski definition) is 1. The maximum Gasteiger partial charge on any atom is 0.251 e. The van der Waals surface area contributed by atoms with Gasteiger partial charge in [-0.15, -0.1) is 0 Å². The van der Waals surface area contributed by atoms with Crippen LogP contribution < -0.4 is 10.1 Å². The van der Waals surface area contributed by atoms with E-state index in [2.05, 4.69) is 26.1 Å². The summed E-state index contributed by atoms with van der Waals surface area (Å²) in [7, 11) is 0. The van der Waals surface area contributed by atoms with Crippen molar-refractivity contribution in [3.05, 3.63) is 29.8 Å². The van der Waals surface area contributed by atoms with Crippen LogP contribution >= 0.6 is 0 Å². The van der Waals surface area contributed by atoms with Crippen LogP contribution in [0.25, 0.3) is 0 Å². The van der Waals surface area contributed by atoms with Crippen LogP contribution in [0.4, 0.5) is 0 Å². The Hall–Kier alpha value is -1.55. The second-order valence-electron chi connectivity index (χ2n) is 6.82. The van der Waals surface area contributed by atoms with Crippen molar-refractivity contribution < 1.29 is 14.3 Å². The highest BCUT2D eigenvalue weighted by atomic mass is 16.5. The maximum atomic E-state index is 12.2. The van der Waals surface area contributed by atoms with E-state index in [-0.39, 0.29) is 18.1 Å². The maximum absolute atomic E-state index is 12.2. The van der Waals surface area contributed by atoms with Gasteiger partial charge in [0, 0.05) is 18.2 Å². The summed E-state index contributed by atoms with van der Waals surface area (Å²) in [5.74, 6) is 1.42. The van der Waals surface area contributed by atoms with E-state index in [0.717, 1.165) is 38.0 Å². The molecule has 1 aliphatic heterocycles. The Morgan fingerprint density at radius 2 is 2.00 bits per heavy atom. The smallest absolute Gasteiger partial charge is 0.251 e. The van der Waals surface area contributed by atoms with Gasteiger partial charge in [-0.3, -0.25) is 4.79 Å². The first-order chi connectivity index (χ1) is 11.0. The Morgan fingerprint density at radius 3 is 2.61 bits per heavy atom. The highest BCUT2D eigenvalue weighted by Gasteiger charge is 2.16. The Balaban J connectivity index is 1.77. The fraction of sp³-hybridized carbons (Fsp3) is 0.632. The Bertz CT molecular complexity index is 478. The Kier molecular flexibility index (Phi) is 6.90. The minimum Gasteiger partial charge on any atom is -0.491 e. The quantitative estimate of drug-likeness (QED) is 0.793. The van der Waals surface area contributed by atoms with E-state index in [0.29, 0.717) is 18.1 Å².